The molecule has 1 aromatic heterocycles. The molecule has 2 aliphatic rings. The fourth-order valence-corrected chi connectivity index (χ4v) is 4.53. The third-order valence-corrected chi connectivity index (χ3v) is 6.43. The Morgan fingerprint density at radius 3 is 2.63 bits per heavy atom. The number of piperidine rings is 1. The first-order chi connectivity index (χ1) is 14.4. The molecular weight excluding hydrogens is 402 g/mol. The lowest BCUT2D eigenvalue weighted by Gasteiger charge is -2.34. The first-order valence-electron chi connectivity index (χ1n) is 10.3. The first-order valence-corrected chi connectivity index (χ1v) is 11.3. The van der Waals surface area contributed by atoms with Crippen LogP contribution in [0, 0.1) is 0 Å². The lowest BCUT2D eigenvalue weighted by Crippen LogP contribution is -2.45. The minimum absolute atomic E-state index is 0.158. The summed E-state index contributed by atoms with van der Waals surface area (Å²) in [6.07, 6.45) is 2.21. The zero-order valence-electron chi connectivity index (χ0n) is 17.2. The Kier molecular flexibility index (Phi) is 6.06. The number of carbonyl (C=O) groups excluding carboxylic acids is 3. The number of likely N-dealkylation sites (tertiary alicyclic amines) is 1. The van der Waals surface area contributed by atoms with Crippen molar-refractivity contribution in [2.45, 2.75) is 38.8 Å². The number of hydrogen-bond donors (Lipinski definition) is 0. The van der Waals surface area contributed by atoms with E-state index in [2.05, 4.69) is 23.7 Å². The second-order valence-electron chi connectivity index (χ2n) is 7.90. The molecule has 0 radical (unpaired) electrons. The standard InChI is InChI=1S/C22H25N3O4S/c1-14(2)24-9-7-16(8-10-24)29-17-4-6-18-15(13-17)3-5-19(23-18)20(26)25-11-12-30-22(28)21(25)27/h3-6,13-14,16H,7-12H2,1-2H3. The molecule has 1 aromatic carbocycles. The van der Waals surface area contributed by atoms with Crippen molar-refractivity contribution in [1.82, 2.24) is 14.8 Å². The molecule has 0 atom stereocenters. The molecule has 0 unspecified atom stereocenters. The summed E-state index contributed by atoms with van der Waals surface area (Å²) in [5, 5.41) is 0.261. The van der Waals surface area contributed by atoms with Gasteiger partial charge in [0.15, 0.2) is 0 Å². The van der Waals surface area contributed by atoms with E-state index < -0.39 is 16.9 Å². The number of rotatable bonds is 4. The van der Waals surface area contributed by atoms with Crippen molar-refractivity contribution in [2.24, 2.45) is 0 Å². The number of carbonyl (C=O) groups is 3. The van der Waals surface area contributed by atoms with E-state index in [0.29, 0.717) is 17.3 Å². The Morgan fingerprint density at radius 2 is 1.90 bits per heavy atom. The monoisotopic (exact) mass is 427 g/mol. The fraction of sp³-hybridized carbons (Fsp3) is 0.455. The second-order valence-corrected chi connectivity index (χ2v) is 8.96. The summed E-state index contributed by atoms with van der Waals surface area (Å²) in [5.41, 5.74) is 0.804. The lowest BCUT2D eigenvalue weighted by molar-refractivity contribution is -0.138. The van der Waals surface area contributed by atoms with Crippen LogP contribution in [0.2, 0.25) is 0 Å². The average molecular weight is 428 g/mol. The summed E-state index contributed by atoms with van der Waals surface area (Å²) in [4.78, 5) is 44.1. The second kappa shape index (κ2) is 8.73. The highest BCUT2D eigenvalue weighted by atomic mass is 32.2. The molecular formula is C22H25N3O4S. The van der Waals surface area contributed by atoms with Crippen LogP contribution in [0.1, 0.15) is 37.2 Å². The summed E-state index contributed by atoms with van der Waals surface area (Å²) in [7, 11) is 0. The predicted octanol–water partition coefficient (Wildman–Crippen LogP) is 2.73. The van der Waals surface area contributed by atoms with Crippen molar-refractivity contribution in [1.29, 1.82) is 0 Å². The van der Waals surface area contributed by atoms with Crippen LogP contribution in [0.15, 0.2) is 30.3 Å². The van der Waals surface area contributed by atoms with Crippen LogP contribution < -0.4 is 4.74 Å². The van der Waals surface area contributed by atoms with E-state index in [1.54, 1.807) is 12.1 Å². The number of nitrogens with zero attached hydrogens (tertiary/aromatic N) is 3. The average Bonchev–Trinajstić information content (AvgIpc) is 2.75. The third-order valence-electron chi connectivity index (χ3n) is 5.60. The molecule has 2 amide bonds. The Balaban J connectivity index is 1.46. The van der Waals surface area contributed by atoms with Gasteiger partial charge in [0.05, 0.1) is 5.52 Å². The molecule has 0 aliphatic carbocycles. The highest BCUT2D eigenvalue weighted by Gasteiger charge is 2.33. The largest absolute Gasteiger partial charge is 0.490 e. The molecule has 2 aromatic rings. The van der Waals surface area contributed by atoms with Crippen LogP contribution in [0.4, 0.5) is 0 Å². The van der Waals surface area contributed by atoms with Crippen LogP contribution in [0.25, 0.3) is 10.9 Å². The number of imide groups is 1. The number of pyridine rings is 1. The quantitative estimate of drug-likeness (QED) is 0.548. The molecule has 2 aliphatic heterocycles. The molecule has 8 heteroatoms. The number of fused-ring (bicyclic) bond motifs is 1. The zero-order valence-corrected chi connectivity index (χ0v) is 18.0. The van der Waals surface area contributed by atoms with Gasteiger partial charge in [-0.3, -0.25) is 19.3 Å². The predicted molar refractivity (Wildman–Crippen MR) is 116 cm³/mol. The van der Waals surface area contributed by atoms with Gasteiger partial charge < -0.3 is 9.64 Å². The van der Waals surface area contributed by atoms with Gasteiger partial charge in [0, 0.05) is 36.8 Å². The number of hydrogen-bond acceptors (Lipinski definition) is 7. The molecule has 4 rings (SSSR count). The van der Waals surface area contributed by atoms with Gasteiger partial charge in [-0.1, -0.05) is 17.8 Å². The van der Waals surface area contributed by atoms with Crippen molar-refractivity contribution in [3.63, 3.8) is 0 Å². The topological polar surface area (TPSA) is 79.8 Å². The van der Waals surface area contributed by atoms with Crippen LogP contribution in [0.3, 0.4) is 0 Å². The summed E-state index contributed by atoms with van der Waals surface area (Å²) < 4.78 is 6.18. The van der Waals surface area contributed by atoms with Crippen LogP contribution in [-0.2, 0) is 9.59 Å². The van der Waals surface area contributed by atoms with Crippen molar-refractivity contribution >= 4 is 39.6 Å². The maximum atomic E-state index is 12.7. The van der Waals surface area contributed by atoms with E-state index in [0.717, 1.165) is 53.7 Å². The Bertz CT molecular complexity index is 986. The Labute approximate surface area is 179 Å². The Morgan fingerprint density at radius 1 is 1.13 bits per heavy atom. The van der Waals surface area contributed by atoms with E-state index in [-0.39, 0.29) is 18.3 Å². The lowest BCUT2D eigenvalue weighted by atomic mass is 10.1. The summed E-state index contributed by atoms with van der Waals surface area (Å²) >= 11 is 0.943. The number of aromatic nitrogens is 1. The SMILES string of the molecule is CC(C)N1CCC(Oc2ccc3nc(C(=O)N4CCSC(=O)C4=O)ccc3c2)CC1. The zero-order chi connectivity index (χ0) is 21.3. The van der Waals surface area contributed by atoms with Gasteiger partial charge in [0.25, 0.3) is 11.0 Å². The van der Waals surface area contributed by atoms with Gasteiger partial charge in [0.1, 0.15) is 17.5 Å². The molecule has 3 heterocycles. The molecule has 30 heavy (non-hydrogen) atoms. The Hall–Kier alpha value is -2.45. The maximum Gasteiger partial charge on any atom is 0.308 e. The molecule has 0 N–H and O–H groups in total. The summed E-state index contributed by atoms with van der Waals surface area (Å²) in [6, 6.07) is 9.57. The van der Waals surface area contributed by atoms with Crippen LogP contribution in [0.5, 0.6) is 5.75 Å². The molecule has 158 valence electrons. The van der Waals surface area contributed by atoms with Gasteiger partial charge in [-0.05, 0) is 51.0 Å². The van der Waals surface area contributed by atoms with E-state index in [1.165, 1.54) is 0 Å². The van der Waals surface area contributed by atoms with Gasteiger partial charge in [-0.2, -0.15) is 0 Å². The first kappa shape index (κ1) is 20.8. The van der Waals surface area contributed by atoms with Gasteiger partial charge in [-0.15, -0.1) is 0 Å². The molecule has 7 nitrogen and oxygen atoms in total. The van der Waals surface area contributed by atoms with E-state index in [1.807, 2.05) is 18.2 Å². The highest BCUT2D eigenvalue weighted by molar-refractivity contribution is 8.15. The van der Waals surface area contributed by atoms with Crippen molar-refractivity contribution in [3.05, 3.63) is 36.0 Å². The molecule has 0 saturated carbocycles. The summed E-state index contributed by atoms with van der Waals surface area (Å²) in [6.45, 7) is 6.73. The van der Waals surface area contributed by atoms with Gasteiger partial charge in [-0.25, -0.2) is 4.98 Å². The maximum absolute atomic E-state index is 12.7. The summed E-state index contributed by atoms with van der Waals surface area (Å²) in [5.74, 6) is -0.0980. The number of amides is 2. The fourth-order valence-electron chi connectivity index (χ4n) is 3.83. The van der Waals surface area contributed by atoms with E-state index >= 15 is 0 Å². The normalized spacial score (nSPS) is 19.0. The van der Waals surface area contributed by atoms with Crippen molar-refractivity contribution in [3.8, 4) is 5.75 Å². The van der Waals surface area contributed by atoms with Gasteiger partial charge in [0.2, 0.25) is 0 Å². The van der Waals surface area contributed by atoms with Gasteiger partial charge >= 0.3 is 5.91 Å². The van der Waals surface area contributed by atoms with Crippen LogP contribution in [-0.4, -0.2) is 69.2 Å². The number of ether oxygens (including phenoxy) is 1. The van der Waals surface area contributed by atoms with Crippen LogP contribution >= 0.6 is 11.8 Å². The smallest absolute Gasteiger partial charge is 0.308 e. The minimum atomic E-state index is -0.773. The van der Waals surface area contributed by atoms with E-state index in [4.69, 9.17) is 4.74 Å². The molecule has 0 spiro atoms. The highest BCUT2D eigenvalue weighted by Crippen LogP contribution is 2.25. The van der Waals surface area contributed by atoms with E-state index in [9.17, 15) is 14.4 Å². The number of thioether (sulfide) groups is 1. The van der Waals surface area contributed by atoms with Crippen molar-refractivity contribution < 1.29 is 19.1 Å². The third kappa shape index (κ3) is 4.34. The molecule has 2 fully saturated rings. The minimum Gasteiger partial charge on any atom is -0.490 e. The molecule has 0 bridgehead atoms. The van der Waals surface area contributed by atoms with Crippen molar-refractivity contribution in [2.75, 3.05) is 25.4 Å². The number of benzene rings is 1. The molecule has 2 saturated heterocycles.